The lowest BCUT2D eigenvalue weighted by atomic mass is 10.1. The van der Waals surface area contributed by atoms with Crippen molar-refractivity contribution in [3.63, 3.8) is 0 Å². The molecule has 0 heterocycles. The van der Waals surface area contributed by atoms with Gasteiger partial charge in [0.05, 0.1) is 4.90 Å². The molecule has 1 aliphatic carbocycles. The summed E-state index contributed by atoms with van der Waals surface area (Å²) in [6, 6.07) is 13.1. The maximum atomic E-state index is 12.6. The van der Waals surface area contributed by atoms with Gasteiger partial charge in [-0.3, -0.25) is 0 Å². The second kappa shape index (κ2) is 7.70. The molecule has 3 rings (SSSR count). The van der Waals surface area contributed by atoms with E-state index in [0.29, 0.717) is 12.1 Å². The fraction of sp³-hybridized carbons (Fsp3) is 0.350. The Balaban J connectivity index is 1.77. The molecule has 0 aromatic heterocycles. The first-order valence-electron chi connectivity index (χ1n) is 8.86. The number of hydrogen-bond donors (Lipinski definition) is 1. The van der Waals surface area contributed by atoms with Gasteiger partial charge in [-0.2, -0.15) is 0 Å². The van der Waals surface area contributed by atoms with Gasteiger partial charge in [-0.1, -0.05) is 36.4 Å². The molecule has 1 fully saturated rings. The van der Waals surface area contributed by atoms with Crippen molar-refractivity contribution in [3.8, 4) is 0 Å². The highest BCUT2D eigenvalue weighted by atomic mass is 32.2. The lowest BCUT2D eigenvalue weighted by Gasteiger charge is -2.23. The summed E-state index contributed by atoms with van der Waals surface area (Å²) >= 11 is 0. The van der Waals surface area contributed by atoms with Crippen LogP contribution in [0.3, 0.4) is 0 Å². The predicted octanol–water partition coefficient (Wildman–Crippen LogP) is 3.25. The number of rotatable bonds is 6. The van der Waals surface area contributed by atoms with E-state index in [9.17, 15) is 13.2 Å². The number of carbonyl (C=O) groups excluding carboxylic acids is 1. The van der Waals surface area contributed by atoms with E-state index >= 15 is 0 Å². The largest absolute Gasteiger partial charge is 0.445 e. The van der Waals surface area contributed by atoms with E-state index in [-0.39, 0.29) is 17.5 Å². The van der Waals surface area contributed by atoms with Gasteiger partial charge >= 0.3 is 6.09 Å². The highest BCUT2D eigenvalue weighted by Crippen LogP contribution is 2.30. The number of amides is 1. The van der Waals surface area contributed by atoms with Gasteiger partial charge in [0.2, 0.25) is 10.0 Å². The van der Waals surface area contributed by atoms with Gasteiger partial charge in [0.25, 0.3) is 0 Å². The minimum atomic E-state index is -3.82. The van der Waals surface area contributed by atoms with Crippen LogP contribution in [0.1, 0.15) is 35.1 Å². The summed E-state index contributed by atoms with van der Waals surface area (Å²) in [4.78, 5) is 14.4. The van der Waals surface area contributed by atoms with E-state index in [2.05, 4.69) is 0 Å². The summed E-state index contributed by atoms with van der Waals surface area (Å²) in [5, 5.41) is 5.34. The van der Waals surface area contributed by atoms with Crippen molar-refractivity contribution in [3.05, 3.63) is 64.7 Å². The second-order valence-corrected chi connectivity index (χ2v) is 8.51. The van der Waals surface area contributed by atoms with Crippen molar-refractivity contribution in [2.24, 2.45) is 5.14 Å². The zero-order chi connectivity index (χ0) is 19.6. The molecule has 1 amide bonds. The number of carbonyl (C=O) groups is 1. The first-order valence-corrected chi connectivity index (χ1v) is 10.4. The molecule has 2 aromatic rings. The van der Waals surface area contributed by atoms with E-state index in [1.54, 1.807) is 17.9 Å². The van der Waals surface area contributed by atoms with E-state index in [1.165, 1.54) is 0 Å². The summed E-state index contributed by atoms with van der Waals surface area (Å²) in [6.45, 7) is 4.06. The minimum absolute atomic E-state index is 0.103. The minimum Gasteiger partial charge on any atom is -0.445 e. The fourth-order valence-electron chi connectivity index (χ4n) is 3.01. The first-order chi connectivity index (χ1) is 12.8. The lowest BCUT2D eigenvalue weighted by Crippen LogP contribution is -2.33. The van der Waals surface area contributed by atoms with Crippen LogP contribution in [0.2, 0.25) is 0 Å². The molecule has 2 N–H and O–H groups in total. The summed E-state index contributed by atoms with van der Waals surface area (Å²) in [6.07, 6.45) is 1.46. The Labute approximate surface area is 160 Å². The number of ether oxygens (including phenoxy) is 1. The molecule has 7 heteroatoms. The van der Waals surface area contributed by atoms with E-state index in [4.69, 9.17) is 9.88 Å². The normalized spacial score (nSPS) is 14.0. The van der Waals surface area contributed by atoms with Crippen LogP contribution in [-0.2, 0) is 27.9 Å². The maximum absolute atomic E-state index is 12.6. The van der Waals surface area contributed by atoms with Crippen molar-refractivity contribution in [2.45, 2.75) is 50.8 Å². The molecule has 0 bridgehead atoms. The highest BCUT2D eigenvalue weighted by Gasteiger charge is 2.34. The van der Waals surface area contributed by atoms with Gasteiger partial charge in [-0.15, -0.1) is 0 Å². The zero-order valence-electron chi connectivity index (χ0n) is 15.5. The third-order valence-corrected chi connectivity index (χ3v) is 5.80. The van der Waals surface area contributed by atoms with Gasteiger partial charge in [0.1, 0.15) is 6.61 Å². The van der Waals surface area contributed by atoms with Gasteiger partial charge in [-0.05, 0) is 55.0 Å². The third-order valence-electron chi connectivity index (χ3n) is 4.77. The topological polar surface area (TPSA) is 89.7 Å². The number of benzene rings is 2. The van der Waals surface area contributed by atoms with Crippen LogP contribution in [0, 0.1) is 13.8 Å². The quantitative estimate of drug-likeness (QED) is 0.822. The van der Waals surface area contributed by atoms with Crippen LogP contribution in [0.25, 0.3) is 0 Å². The Bertz CT molecular complexity index is 938. The van der Waals surface area contributed by atoms with Crippen molar-refractivity contribution >= 4 is 16.1 Å². The molecule has 0 spiro atoms. The maximum Gasteiger partial charge on any atom is 0.410 e. The van der Waals surface area contributed by atoms with Gasteiger partial charge in [0, 0.05) is 12.6 Å². The number of nitrogens with zero attached hydrogens (tertiary/aromatic N) is 1. The van der Waals surface area contributed by atoms with Crippen molar-refractivity contribution in [2.75, 3.05) is 0 Å². The molecular formula is C20H24N2O4S. The zero-order valence-corrected chi connectivity index (χ0v) is 16.3. The Morgan fingerprint density at radius 2 is 1.81 bits per heavy atom. The standard InChI is InChI=1S/C20H24N2O4S/c1-14-10-17(11-19(15(14)2)27(21,24)25)12-22(18-8-9-18)20(23)26-13-16-6-4-3-5-7-16/h3-7,10-11,18H,8-9,12-13H2,1-2H3,(H2,21,24,25). The number of hydrogen-bond acceptors (Lipinski definition) is 4. The van der Waals surface area contributed by atoms with Gasteiger partial charge in [-0.25, -0.2) is 18.4 Å². The molecule has 6 nitrogen and oxygen atoms in total. The molecule has 0 saturated heterocycles. The number of nitrogens with two attached hydrogens (primary N) is 1. The Kier molecular flexibility index (Phi) is 5.53. The number of sulfonamides is 1. The molecule has 0 radical (unpaired) electrons. The summed E-state index contributed by atoms with van der Waals surface area (Å²) in [5.41, 5.74) is 3.10. The van der Waals surface area contributed by atoms with Crippen LogP contribution in [0.5, 0.6) is 0 Å². The van der Waals surface area contributed by atoms with Crippen molar-refractivity contribution in [1.82, 2.24) is 4.90 Å². The van der Waals surface area contributed by atoms with Crippen LogP contribution in [-0.4, -0.2) is 25.5 Å². The second-order valence-electron chi connectivity index (χ2n) is 6.98. The third kappa shape index (κ3) is 4.87. The number of aryl methyl sites for hydroxylation is 1. The summed E-state index contributed by atoms with van der Waals surface area (Å²) in [7, 11) is -3.82. The lowest BCUT2D eigenvalue weighted by molar-refractivity contribution is 0.0909. The van der Waals surface area contributed by atoms with E-state index in [1.807, 2.05) is 43.3 Å². The summed E-state index contributed by atoms with van der Waals surface area (Å²) < 4.78 is 29.2. The average Bonchev–Trinajstić information content (AvgIpc) is 3.45. The van der Waals surface area contributed by atoms with Crippen molar-refractivity contribution in [1.29, 1.82) is 0 Å². The van der Waals surface area contributed by atoms with Gasteiger partial charge < -0.3 is 9.64 Å². The molecule has 27 heavy (non-hydrogen) atoms. The molecular weight excluding hydrogens is 364 g/mol. The smallest absolute Gasteiger partial charge is 0.410 e. The van der Waals surface area contributed by atoms with E-state index in [0.717, 1.165) is 29.5 Å². The molecule has 0 unspecified atom stereocenters. The average molecular weight is 388 g/mol. The Hall–Kier alpha value is -2.38. The predicted molar refractivity (Wildman–Crippen MR) is 102 cm³/mol. The summed E-state index contributed by atoms with van der Waals surface area (Å²) in [5.74, 6) is 0. The van der Waals surface area contributed by atoms with Crippen LogP contribution >= 0.6 is 0 Å². The molecule has 1 saturated carbocycles. The molecule has 1 aliphatic rings. The SMILES string of the molecule is Cc1cc(CN(C(=O)OCc2ccccc2)C2CC2)cc(S(N)(=O)=O)c1C. The molecule has 0 aliphatic heterocycles. The van der Waals surface area contributed by atoms with Crippen LogP contribution in [0.15, 0.2) is 47.4 Å². The first kappa shape index (κ1) is 19.4. The fourth-order valence-corrected chi connectivity index (χ4v) is 3.92. The van der Waals surface area contributed by atoms with Gasteiger partial charge in [0.15, 0.2) is 0 Å². The Morgan fingerprint density at radius 3 is 2.41 bits per heavy atom. The van der Waals surface area contributed by atoms with Crippen LogP contribution in [0.4, 0.5) is 4.79 Å². The Morgan fingerprint density at radius 1 is 1.15 bits per heavy atom. The molecule has 2 aromatic carbocycles. The monoisotopic (exact) mass is 388 g/mol. The van der Waals surface area contributed by atoms with E-state index < -0.39 is 16.1 Å². The van der Waals surface area contributed by atoms with Crippen LogP contribution < -0.4 is 5.14 Å². The highest BCUT2D eigenvalue weighted by molar-refractivity contribution is 7.89. The number of primary sulfonamides is 1. The molecule has 0 atom stereocenters. The molecule has 144 valence electrons. The van der Waals surface area contributed by atoms with Crippen molar-refractivity contribution < 1.29 is 17.9 Å².